The molecule has 0 saturated heterocycles. The lowest BCUT2D eigenvalue weighted by atomic mass is 10.0. The molecule has 40 heavy (non-hydrogen) atoms. The average molecular weight is 555 g/mol. The Kier molecular flexibility index (Phi) is 7.90. The third-order valence-corrected chi connectivity index (χ3v) is 15.6. The topological polar surface area (TPSA) is 27.7 Å². The second kappa shape index (κ2) is 10.6. The molecule has 0 radical (unpaired) electrons. The molecule has 0 bridgehead atoms. The number of hydrogen-bond acceptors (Lipinski definition) is 3. The molecule has 4 rings (SSSR count). The molecule has 4 heteroatoms. The minimum absolute atomic E-state index is 0.338. The van der Waals surface area contributed by atoms with Crippen LogP contribution in [0.1, 0.15) is 61.1 Å². The van der Waals surface area contributed by atoms with Crippen molar-refractivity contribution >= 4 is 23.6 Å². The fourth-order valence-corrected chi connectivity index (χ4v) is 14.7. The van der Waals surface area contributed by atoms with Crippen LogP contribution < -0.4 is 29.8 Å². The van der Waals surface area contributed by atoms with Gasteiger partial charge in [0.15, 0.2) is 8.07 Å². The van der Waals surface area contributed by atoms with Crippen molar-refractivity contribution in [3.8, 4) is 17.2 Å². The molecule has 0 spiro atoms. The second-order valence-corrected chi connectivity index (χ2v) is 16.0. The van der Waals surface area contributed by atoms with E-state index in [9.17, 15) is 0 Å². The van der Waals surface area contributed by atoms with E-state index in [0.717, 1.165) is 17.2 Å². The van der Waals surface area contributed by atoms with Gasteiger partial charge in [0.05, 0.1) is 21.3 Å². The van der Waals surface area contributed by atoms with Crippen LogP contribution in [0.25, 0.3) is 0 Å². The molecule has 212 valence electrons. The van der Waals surface area contributed by atoms with Gasteiger partial charge in [-0.2, -0.15) is 0 Å². The zero-order valence-electron chi connectivity index (χ0n) is 26.8. The molecule has 0 fully saturated rings. The standard InChI is InChI=1S/C36H46O3Si/c1-21-14-24(4)33(30(17-21)37-11)40(36(10)20-27(7)28(8)29(36)9,34-25(5)15-22(2)18-31(34)38-12)35-26(6)16-23(3)19-32(35)39-13/h14-20H,1-13H3. The third-order valence-electron chi connectivity index (χ3n) is 9.33. The van der Waals surface area contributed by atoms with Gasteiger partial charge in [-0.25, -0.2) is 0 Å². The fourth-order valence-electron chi connectivity index (χ4n) is 7.59. The van der Waals surface area contributed by atoms with E-state index in [1.807, 2.05) is 0 Å². The SMILES string of the molecule is COc1cc(C)cc(C)c1[Si](c1c(C)cc(C)cc1OC)(c1c(C)cc(C)cc1OC)C1(C)C=C(C)C(C)=C1C. The van der Waals surface area contributed by atoms with Crippen LogP contribution >= 0.6 is 0 Å². The quantitative estimate of drug-likeness (QED) is 0.231. The summed E-state index contributed by atoms with van der Waals surface area (Å²) in [5, 5.41) is 3.49. The van der Waals surface area contributed by atoms with Crippen molar-refractivity contribution in [3.05, 3.63) is 92.6 Å². The minimum atomic E-state index is -3.17. The summed E-state index contributed by atoms with van der Waals surface area (Å²) in [7, 11) is 2.25. The first-order valence-electron chi connectivity index (χ1n) is 14.1. The number of aryl methyl sites for hydroxylation is 6. The smallest absolute Gasteiger partial charge is 0.176 e. The highest BCUT2D eigenvalue weighted by Gasteiger charge is 2.61. The van der Waals surface area contributed by atoms with E-state index in [0.29, 0.717) is 0 Å². The van der Waals surface area contributed by atoms with Crippen molar-refractivity contribution in [1.82, 2.24) is 0 Å². The first-order valence-corrected chi connectivity index (χ1v) is 16.1. The van der Waals surface area contributed by atoms with Gasteiger partial charge in [-0.05, 0) is 135 Å². The molecule has 0 amide bonds. The average Bonchev–Trinajstić information content (AvgIpc) is 3.08. The van der Waals surface area contributed by atoms with Crippen molar-refractivity contribution < 1.29 is 14.2 Å². The number of rotatable bonds is 7. The molecule has 1 atom stereocenters. The highest BCUT2D eigenvalue weighted by Crippen LogP contribution is 2.55. The number of benzene rings is 3. The molecule has 0 N–H and O–H groups in total. The van der Waals surface area contributed by atoms with Gasteiger partial charge >= 0.3 is 0 Å². The molecule has 1 aliphatic rings. The Morgan fingerprint density at radius 2 is 0.850 bits per heavy atom. The molecule has 0 heterocycles. The summed E-state index contributed by atoms with van der Waals surface area (Å²) < 4.78 is 19.0. The monoisotopic (exact) mass is 554 g/mol. The molecule has 0 aromatic heterocycles. The van der Waals surface area contributed by atoms with Crippen LogP contribution in [0, 0.1) is 41.5 Å². The number of allylic oxidation sites excluding steroid dienone is 4. The van der Waals surface area contributed by atoms with Crippen molar-refractivity contribution in [2.75, 3.05) is 21.3 Å². The maximum Gasteiger partial charge on any atom is 0.176 e. The minimum Gasteiger partial charge on any atom is -0.497 e. The Balaban J connectivity index is 2.49. The van der Waals surface area contributed by atoms with Crippen LogP contribution in [0.3, 0.4) is 0 Å². The molecule has 3 aromatic carbocycles. The Morgan fingerprint density at radius 3 is 1.10 bits per heavy atom. The highest BCUT2D eigenvalue weighted by molar-refractivity contribution is 7.16. The lowest BCUT2D eigenvalue weighted by molar-refractivity contribution is 0.414. The number of hydrogen-bond donors (Lipinski definition) is 0. The number of ether oxygens (including phenoxy) is 3. The fraction of sp³-hybridized carbons (Fsp3) is 0.389. The zero-order chi connectivity index (χ0) is 29.7. The normalized spacial score (nSPS) is 17.3. The zero-order valence-corrected chi connectivity index (χ0v) is 27.8. The lowest BCUT2D eigenvalue weighted by Gasteiger charge is -2.49. The Bertz CT molecular complexity index is 1410. The summed E-state index contributed by atoms with van der Waals surface area (Å²) in [6, 6.07) is 13.6. The van der Waals surface area contributed by atoms with Crippen molar-refractivity contribution in [2.24, 2.45) is 0 Å². The van der Waals surface area contributed by atoms with Crippen LogP contribution in [-0.4, -0.2) is 29.4 Å². The predicted molar refractivity (Wildman–Crippen MR) is 173 cm³/mol. The van der Waals surface area contributed by atoms with Crippen LogP contribution in [0.2, 0.25) is 5.04 Å². The third kappa shape index (κ3) is 4.23. The van der Waals surface area contributed by atoms with Gasteiger partial charge in [0, 0.05) is 5.04 Å². The van der Waals surface area contributed by atoms with E-state index >= 15 is 0 Å². The summed E-state index contributed by atoms with van der Waals surface area (Å²) in [5.41, 5.74) is 11.3. The molecule has 1 unspecified atom stereocenters. The summed E-state index contributed by atoms with van der Waals surface area (Å²) in [6.45, 7) is 22.5. The van der Waals surface area contributed by atoms with Gasteiger partial charge in [0.1, 0.15) is 17.2 Å². The first-order chi connectivity index (χ1) is 18.8. The van der Waals surface area contributed by atoms with E-state index in [1.165, 1.54) is 65.7 Å². The van der Waals surface area contributed by atoms with Gasteiger partial charge < -0.3 is 14.2 Å². The molecule has 0 aliphatic heterocycles. The molecular weight excluding hydrogens is 508 g/mol. The van der Waals surface area contributed by atoms with E-state index in [2.05, 4.69) is 112 Å². The van der Waals surface area contributed by atoms with Crippen molar-refractivity contribution in [3.63, 3.8) is 0 Å². The first kappa shape index (κ1) is 29.7. The van der Waals surface area contributed by atoms with Crippen LogP contribution in [0.15, 0.2) is 59.2 Å². The predicted octanol–water partition coefficient (Wildman–Crippen LogP) is 7.09. The van der Waals surface area contributed by atoms with Gasteiger partial charge in [0.25, 0.3) is 0 Å². The number of methoxy groups -OCH3 is 3. The Hall–Kier alpha value is -3.24. The van der Waals surface area contributed by atoms with Gasteiger partial charge in [-0.15, -0.1) is 0 Å². The molecule has 3 nitrogen and oxygen atoms in total. The molecule has 3 aromatic rings. The van der Waals surface area contributed by atoms with Gasteiger partial charge in [-0.1, -0.05) is 42.3 Å². The molecule has 0 saturated carbocycles. The van der Waals surface area contributed by atoms with Gasteiger partial charge in [-0.3, -0.25) is 0 Å². The molecular formula is C36H46O3Si. The highest BCUT2D eigenvalue weighted by atomic mass is 28.3. The maximum atomic E-state index is 6.34. The van der Waals surface area contributed by atoms with Crippen molar-refractivity contribution in [1.29, 1.82) is 0 Å². The van der Waals surface area contributed by atoms with Crippen LogP contribution in [-0.2, 0) is 0 Å². The second-order valence-electron chi connectivity index (χ2n) is 12.0. The van der Waals surface area contributed by atoms with Crippen LogP contribution in [0.4, 0.5) is 0 Å². The van der Waals surface area contributed by atoms with Gasteiger partial charge in [0.2, 0.25) is 0 Å². The lowest BCUT2D eigenvalue weighted by Crippen LogP contribution is -2.75. The van der Waals surface area contributed by atoms with E-state index in [4.69, 9.17) is 14.2 Å². The largest absolute Gasteiger partial charge is 0.497 e. The Labute approximate surface area is 242 Å². The van der Waals surface area contributed by atoms with E-state index in [1.54, 1.807) is 21.3 Å². The summed E-state index contributed by atoms with van der Waals surface area (Å²) in [4.78, 5) is 0. The Morgan fingerprint density at radius 1 is 0.525 bits per heavy atom. The van der Waals surface area contributed by atoms with E-state index in [-0.39, 0.29) is 5.04 Å². The van der Waals surface area contributed by atoms with Crippen LogP contribution in [0.5, 0.6) is 17.2 Å². The van der Waals surface area contributed by atoms with E-state index < -0.39 is 8.07 Å². The molecule has 1 aliphatic carbocycles. The van der Waals surface area contributed by atoms with Crippen molar-refractivity contribution in [2.45, 2.75) is 74.3 Å². The summed E-state index contributed by atoms with van der Waals surface area (Å²) in [6.07, 6.45) is 2.53. The maximum absolute atomic E-state index is 6.34. The summed E-state index contributed by atoms with van der Waals surface area (Å²) >= 11 is 0. The summed E-state index contributed by atoms with van der Waals surface area (Å²) in [5.74, 6) is 2.79.